The number of hydrogen-bond acceptors (Lipinski definition) is 16. The minimum absolute atomic E-state index is 0.00162. The largest absolute Gasteiger partial charge is 0.457 e. The molecule has 10 atom stereocenters. The van der Waals surface area contributed by atoms with Gasteiger partial charge in [-0.05, 0) is 101 Å². The first-order valence-electron chi connectivity index (χ1n) is 30.3. The van der Waals surface area contributed by atoms with Gasteiger partial charge in [0.15, 0.2) is 21.3 Å². The number of Topliss-reactive ketones (excluding diaryl/α,β-unsaturated/α-hetero) is 3. The standard InChI is InChI=1S/C64H89Br2ClN6O16S/c1-36(2)46(31-45(74)19-14-12-13-15-21-49(75)44(34-65)35-66)58(78)70-47(20-17-25-69-61(68)81)50(76)29-42-23-24-43(30-52(42)90(11,84)85)59(79)72(8)40(6)60(80)88-54-32-55(77)73(9)48-28-41(27-38(4)56(48)67)26-37(3)18-16-22-53(86-10)64(83)33-51(87-62(82)71-64)39(5)57-63(54,7)89-57/h16,18,22-24,27-28,30,36,39-40,44,46-47,51,53-54,57,83H,12-15,17,19-21,25-26,29,31-35H2,1-11H3,(H,70,78)(H,71,82)(H3,68,69,81)/b22-16+,37-18+/t39-,40+,46+,47+,51+,53-,54+,57+,63+,64+/m1/s1. The Hall–Kier alpha value is -5.57. The van der Waals surface area contributed by atoms with E-state index in [1.165, 1.54) is 38.1 Å². The number of anilines is 1. The van der Waals surface area contributed by atoms with Crippen molar-refractivity contribution in [2.75, 3.05) is 49.6 Å². The van der Waals surface area contributed by atoms with Gasteiger partial charge in [-0.25, -0.2) is 22.8 Å². The summed E-state index contributed by atoms with van der Waals surface area (Å²) >= 11 is 13.6. The fourth-order valence-electron chi connectivity index (χ4n) is 11.4. The van der Waals surface area contributed by atoms with Crippen molar-refractivity contribution in [1.82, 2.24) is 20.9 Å². The molecule has 0 unspecified atom stereocenters. The number of carbonyl (C=O) groups is 9. The van der Waals surface area contributed by atoms with Crippen LogP contribution in [0.4, 0.5) is 15.3 Å². The number of likely N-dealkylation sites (N-methyl/N-ethyl adjacent to an activating group) is 1. The molecule has 5 rings (SSSR count). The molecule has 3 heterocycles. The number of methoxy groups -OCH3 is 1. The number of rotatable bonds is 28. The zero-order valence-corrected chi connectivity index (χ0v) is 58.0. The average Bonchev–Trinajstić information content (AvgIpc) is 1.57. The van der Waals surface area contributed by atoms with Gasteiger partial charge in [-0.1, -0.05) is 113 Å². The highest BCUT2D eigenvalue weighted by molar-refractivity contribution is 9.09. The topological polar surface area (TPSA) is 317 Å². The number of allylic oxidation sites excluding steroid dienone is 3. The summed E-state index contributed by atoms with van der Waals surface area (Å²) in [5.74, 6) is -5.32. The first-order valence-corrected chi connectivity index (χ1v) is 34.9. The predicted molar refractivity (Wildman–Crippen MR) is 347 cm³/mol. The van der Waals surface area contributed by atoms with E-state index >= 15 is 0 Å². The van der Waals surface area contributed by atoms with E-state index in [4.69, 9.17) is 36.3 Å². The molecule has 3 aliphatic heterocycles. The summed E-state index contributed by atoms with van der Waals surface area (Å²) < 4.78 is 51.1. The van der Waals surface area contributed by atoms with Gasteiger partial charge in [0.2, 0.25) is 11.8 Å². The minimum atomic E-state index is -4.18. The maximum Gasteiger partial charge on any atom is 0.409 e. The lowest BCUT2D eigenvalue weighted by atomic mass is 9.83. The fourth-order valence-corrected chi connectivity index (χ4v) is 14.4. The number of ether oxygens (including phenoxy) is 4. The highest BCUT2D eigenvalue weighted by Gasteiger charge is 2.64. The maximum atomic E-state index is 14.5. The molecule has 6 amide bonds. The number of aryl methyl sites for hydroxylation is 1. The lowest BCUT2D eigenvalue weighted by Gasteiger charge is -2.42. The van der Waals surface area contributed by atoms with E-state index in [0.29, 0.717) is 52.6 Å². The molecule has 90 heavy (non-hydrogen) atoms. The average molecular weight is 1430 g/mol. The Bertz CT molecular complexity index is 3160. The minimum Gasteiger partial charge on any atom is -0.457 e. The smallest absolute Gasteiger partial charge is 0.409 e. The van der Waals surface area contributed by atoms with E-state index in [0.717, 1.165) is 41.2 Å². The predicted octanol–water partition coefficient (Wildman–Crippen LogP) is 8.12. The molecular weight excluding hydrogens is 1340 g/mol. The van der Waals surface area contributed by atoms with Gasteiger partial charge in [0.1, 0.15) is 41.5 Å². The van der Waals surface area contributed by atoms with Gasteiger partial charge in [0.05, 0.1) is 34.2 Å². The monoisotopic (exact) mass is 1420 g/mol. The number of sulfone groups is 1. The zero-order chi connectivity index (χ0) is 67.2. The third kappa shape index (κ3) is 20.2. The van der Waals surface area contributed by atoms with Crippen LogP contribution in [0.5, 0.6) is 0 Å². The van der Waals surface area contributed by atoms with Crippen molar-refractivity contribution in [3.05, 3.63) is 81.4 Å². The van der Waals surface area contributed by atoms with Crippen LogP contribution >= 0.6 is 43.5 Å². The molecule has 2 aromatic carbocycles. The van der Waals surface area contributed by atoms with Crippen molar-refractivity contribution in [2.45, 2.75) is 185 Å². The Morgan fingerprint density at radius 2 is 1.66 bits per heavy atom. The summed E-state index contributed by atoms with van der Waals surface area (Å²) in [5.41, 5.74) is 4.58. The van der Waals surface area contributed by atoms with Crippen molar-refractivity contribution in [3.8, 4) is 0 Å². The van der Waals surface area contributed by atoms with E-state index in [9.17, 15) is 56.7 Å². The van der Waals surface area contributed by atoms with Crippen molar-refractivity contribution < 1.29 is 75.6 Å². The molecular formula is C64H89Br2ClN6O16S. The molecule has 0 spiro atoms. The van der Waals surface area contributed by atoms with Crippen molar-refractivity contribution in [2.24, 2.45) is 29.4 Å². The number of halogens is 3. The number of unbranched alkanes of at least 4 members (excludes halogenated alkanes) is 3. The second kappa shape index (κ2) is 33.3. The second-order valence-corrected chi connectivity index (χ2v) is 28.3. The molecule has 498 valence electrons. The molecule has 0 radical (unpaired) electrons. The first kappa shape index (κ1) is 75.2. The van der Waals surface area contributed by atoms with Crippen LogP contribution in [0.2, 0.25) is 5.02 Å². The Labute approximate surface area is 550 Å². The molecule has 4 bridgehead atoms. The number of primary amides is 1. The highest BCUT2D eigenvalue weighted by atomic mass is 79.9. The number of benzene rings is 2. The quantitative estimate of drug-likeness (QED) is 0.0232. The number of alkyl halides is 2. The molecule has 26 heteroatoms. The number of fused-ring (bicyclic) bond motifs is 5. The van der Waals surface area contributed by atoms with Gasteiger partial charge >= 0.3 is 18.1 Å². The number of esters is 1. The molecule has 2 saturated heterocycles. The Balaban J connectivity index is 1.36. The van der Waals surface area contributed by atoms with Gasteiger partial charge in [-0.3, -0.25) is 34.1 Å². The molecule has 6 N–H and O–H groups in total. The van der Waals surface area contributed by atoms with Gasteiger partial charge < -0.3 is 50.2 Å². The molecule has 0 saturated carbocycles. The lowest BCUT2D eigenvalue weighted by molar-refractivity contribution is -0.158. The van der Waals surface area contributed by atoms with Gasteiger partial charge in [0.25, 0.3) is 5.91 Å². The number of nitrogens with zero attached hydrogens (tertiary/aromatic N) is 2. The number of urea groups is 1. The molecule has 0 aliphatic carbocycles. The normalized spacial score (nSPS) is 24.0. The fraction of sp³-hybridized carbons (Fsp3) is 0.609. The van der Waals surface area contributed by atoms with Crippen LogP contribution in [0, 0.1) is 30.6 Å². The number of nitrogens with two attached hydrogens (primary N) is 1. The summed E-state index contributed by atoms with van der Waals surface area (Å²) in [6.07, 6.45) is 3.90. The summed E-state index contributed by atoms with van der Waals surface area (Å²) in [4.78, 5) is 124. The number of hydrogen-bond donors (Lipinski definition) is 5. The molecule has 3 aliphatic rings. The number of amides is 6. The van der Waals surface area contributed by atoms with Crippen LogP contribution in [-0.2, 0) is 70.4 Å². The summed E-state index contributed by atoms with van der Waals surface area (Å²) in [5, 5.41) is 21.2. The molecule has 2 fully saturated rings. The van der Waals surface area contributed by atoms with E-state index in [1.807, 2.05) is 26.0 Å². The number of carbonyl (C=O) groups excluding carboxylic acids is 9. The third-order valence-corrected chi connectivity index (χ3v) is 20.5. The van der Waals surface area contributed by atoms with Gasteiger partial charge in [0, 0.05) is 100 Å². The van der Waals surface area contributed by atoms with Crippen molar-refractivity contribution >= 4 is 112 Å². The maximum absolute atomic E-state index is 14.5. The Morgan fingerprint density at radius 3 is 2.28 bits per heavy atom. The van der Waals surface area contributed by atoms with Crippen LogP contribution in [0.15, 0.2) is 59.0 Å². The number of ketones is 3. The SMILES string of the molecule is CO[C@@H]1/C=C/C=C(\C)Cc2cc(C)c(Cl)c(c2)N(C)C(=O)C[C@H](OC(=O)[C@H](C)N(C)C(=O)c2ccc(CC(=O)[C@H](CCCNC(N)=O)NC(=O)[C@@H](CC(=O)CCCCCCC(=O)C(CBr)CBr)C(C)C)c(S(C)(=O)=O)c2)[C@]2(C)O[C@H]2[C@H](C)[C@@H]2C[C@@]1(O)NC(=O)O2. The summed E-state index contributed by atoms with van der Waals surface area (Å²) in [6.45, 7) is 12.1. The Kier molecular flexibility index (Phi) is 27.8. The van der Waals surface area contributed by atoms with Crippen LogP contribution < -0.4 is 26.6 Å². The summed E-state index contributed by atoms with van der Waals surface area (Å²) in [6, 6.07) is 4.00. The molecule has 2 aromatic rings. The van der Waals surface area contributed by atoms with Crippen molar-refractivity contribution in [1.29, 1.82) is 0 Å². The molecule has 22 nitrogen and oxygen atoms in total. The third-order valence-electron chi connectivity index (χ3n) is 17.2. The van der Waals surface area contributed by atoms with E-state index in [1.54, 1.807) is 53.0 Å². The number of aliphatic hydroxyl groups is 1. The van der Waals surface area contributed by atoms with E-state index < -0.39 is 124 Å². The van der Waals surface area contributed by atoms with E-state index in [-0.39, 0.29) is 78.1 Å². The molecule has 0 aromatic heterocycles. The number of alkyl carbamates (subject to hydrolysis) is 1. The van der Waals surface area contributed by atoms with Gasteiger partial charge in [-0.15, -0.1) is 0 Å². The number of nitrogens with one attached hydrogen (secondary N) is 3. The van der Waals surface area contributed by atoms with Crippen LogP contribution in [0.1, 0.15) is 139 Å². The van der Waals surface area contributed by atoms with E-state index in [2.05, 4.69) is 47.8 Å². The van der Waals surface area contributed by atoms with Crippen LogP contribution in [0.25, 0.3) is 0 Å². The first-order chi connectivity index (χ1) is 42.2. The van der Waals surface area contributed by atoms with Crippen molar-refractivity contribution in [3.63, 3.8) is 0 Å². The summed E-state index contributed by atoms with van der Waals surface area (Å²) in [7, 11) is 0.0578. The van der Waals surface area contributed by atoms with Gasteiger partial charge in [-0.2, -0.15) is 0 Å². The second-order valence-electron chi connectivity index (χ2n) is 24.6. The van der Waals surface area contributed by atoms with Crippen LogP contribution in [0.3, 0.4) is 0 Å². The zero-order valence-electron chi connectivity index (χ0n) is 53.3. The highest BCUT2D eigenvalue weighted by Crippen LogP contribution is 2.49. The van der Waals surface area contributed by atoms with Crippen LogP contribution in [-0.4, -0.2) is 164 Å². The number of epoxide rings is 1. The Morgan fingerprint density at radius 1 is 0.989 bits per heavy atom. The lowest BCUT2D eigenvalue weighted by Crippen LogP contribution is -2.63.